The Bertz CT molecular complexity index is 188. The maximum Gasteiger partial charge on any atom is 0.0267 e. The summed E-state index contributed by atoms with van der Waals surface area (Å²) in [5, 5.41) is 0. The van der Waals surface area contributed by atoms with E-state index in [1.165, 1.54) is 0 Å². The normalized spacial score (nSPS) is 7.38. The first kappa shape index (κ1) is 12.7. The minimum atomic E-state index is 0. The zero-order chi connectivity index (χ0) is 8.49. The maximum absolute atomic E-state index is 3.78. The van der Waals surface area contributed by atoms with E-state index in [1.54, 1.807) is 24.8 Å². The molecule has 0 aliphatic carbocycles. The van der Waals surface area contributed by atoms with Gasteiger partial charge in [-0.15, -0.1) is 0 Å². The predicted molar refractivity (Wildman–Crippen MR) is 48.5 cm³/mol. The molecule has 2 aromatic heterocycles. The van der Waals surface area contributed by atoms with Crippen LogP contribution in [-0.4, -0.2) is 9.97 Å². The van der Waals surface area contributed by atoms with Crippen molar-refractivity contribution < 1.29 is 40.8 Å². The third-order valence-corrected chi connectivity index (χ3v) is 1.13. The molecule has 0 radical (unpaired) electrons. The summed E-state index contributed by atoms with van der Waals surface area (Å²) in [6, 6.07) is 11.4. The van der Waals surface area contributed by atoms with Gasteiger partial charge in [0.25, 0.3) is 0 Å². The first-order chi connectivity index (χ1) is 6.00. The number of nitrogens with zero attached hydrogens (tertiary/aromatic N) is 2. The molecule has 0 aromatic carbocycles. The van der Waals surface area contributed by atoms with Crippen LogP contribution in [0.3, 0.4) is 0 Å². The van der Waals surface area contributed by atoms with Crippen molar-refractivity contribution in [1.82, 2.24) is 9.97 Å². The van der Waals surface area contributed by atoms with Gasteiger partial charge in [0.05, 0.1) is 0 Å². The van der Waals surface area contributed by atoms with Gasteiger partial charge in [-0.1, -0.05) is 12.1 Å². The third kappa shape index (κ3) is 7.99. The van der Waals surface area contributed by atoms with Gasteiger partial charge in [-0.2, -0.15) is 0 Å². The summed E-state index contributed by atoms with van der Waals surface area (Å²) in [5.74, 6) is 0. The SMILES string of the molecule is [Nd].c1ccncc1.c1ccncc1. The van der Waals surface area contributed by atoms with Crippen molar-refractivity contribution in [3.8, 4) is 0 Å². The Kier molecular flexibility index (Phi) is 9.47. The maximum atomic E-state index is 3.78. The molecule has 64 valence electrons. The Hall–Kier alpha value is -0.349. The van der Waals surface area contributed by atoms with E-state index >= 15 is 0 Å². The standard InChI is InChI=1S/2C5H5N.Nd/c2*1-2-4-6-5-3-1;/h2*1-5H;. The van der Waals surface area contributed by atoms with E-state index < -0.39 is 0 Å². The van der Waals surface area contributed by atoms with Crippen molar-refractivity contribution in [2.75, 3.05) is 0 Å². The second kappa shape index (κ2) is 9.74. The summed E-state index contributed by atoms with van der Waals surface area (Å²) in [6.07, 6.45) is 7.00. The molecule has 0 saturated heterocycles. The van der Waals surface area contributed by atoms with Crippen molar-refractivity contribution in [1.29, 1.82) is 0 Å². The molecule has 2 rings (SSSR count). The van der Waals surface area contributed by atoms with Crippen LogP contribution in [0.1, 0.15) is 0 Å². The Morgan fingerprint density at radius 3 is 0.846 bits per heavy atom. The first-order valence-corrected chi connectivity index (χ1v) is 3.70. The minimum Gasteiger partial charge on any atom is -0.265 e. The molecule has 3 heteroatoms. The average molecular weight is 302 g/mol. The summed E-state index contributed by atoms with van der Waals surface area (Å²) in [7, 11) is 0. The number of pyridine rings is 2. The number of hydrogen-bond donors (Lipinski definition) is 0. The zero-order valence-corrected chi connectivity index (χ0v) is 10.4. The molecule has 0 aliphatic rings. The Morgan fingerprint density at radius 1 is 0.462 bits per heavy atom. The van der Waals surface area contributed by atoms with Gasteiger partial charge in [0, 0.05) is 65.6 Å². The van der Waals surface area contributed by atoms with E-state index in [0.717, 1.165) is 0 Å². The fraction of sp³-hybridized carbons (Fsp3) is 0. The molecule has 2 nitrogen and oxygen atoms in total. The van der Waals surface area contributed by atoms with E-state index in [1.807, 2.05) is 36.4 Å². The molecule has 0 spiro atoms. The molecule has 0 aliphatic heterocycles. The van der Waals surface area contributed by atoms with Gasteiger partial charge in [0.1, 0.15) is 0 Å². The van der Waals surface area contributed by atoms with Crippen LogP contribution in [0.2, 0.25) is 0 Å². The molecule has 0 atom stereocenters. The van der Waals surface area contributed by atoms with Gasteiger partial charge in [0.15, 0.2) is 0 Å². The number of aromatic nitrogens is 2. The first-order valence-electron chi connectivity index (χ1n) is 3.70. The van der Waals surface area contributed by atoms with E-state index in [2.05, 4.69) is 9.97 Å². The van der Waals surface area contributed by atoms with Crippen molar-refractivity contribution in [3.63, 3.8) is 0 Å². The van der Waals surface area contributed by atoms with E-state index in [0.29, 0.717) is 0 Å². The van der Waals surface area contributed by atoms with Gasteiger partial charge in [-0.05, 0) is 24.3 Å². The zero-order valence-electron chi connectivity index (χ0n) is 7.17. The summed E-state index contributed by atoms with van der Waals surface area (Å²) in [5.41, 5.74) is 0. The Labute approximate surface area is 111 Å². The summed E-state index contributed by atoms with van der Waals surface area (Å²) < 4.78 is 0. The molecule has 0 unspecified atom stereocenters. The number of hydrogen-bond acceptors (Lipinski definition) is 2. The minimum absolute atomic E-state index is 0. The molecule has 0 amide bonds. The van der Waals surface area contributed by atoms with Crippen LogP contribution in [-0.2, 0) is 0 Å². The van der Waals surface area contributed by atoms with Crippen molar-refractivity contribution in [3.05, 3.63) is 61.2 Å². The van der Waals surface area contributed by atoms with Gasteiger partial charge >= 0.3 is 0 Å². The fourth-order valence-electron chi connectivity index (χ4n) is 0.625. The fourth-order valence-corrected chi connectivity index (χ4v) is 0.625. The smallest absolute Gasteiger partial charge is 0.0267 e. The second-order valence-electron chi connectivity index (χ2n) is 2.05. The van der Waals surface area contributed by atoms with Crippen molar-refractivity contribution in [2.24, 2.45) is 0 Å². The average Bonchev–Trinajstić information content (AvgIpc) is 2.24. The molecule has 0 fully saturated rings. The van der Waals surface area contributed by atoms with Gasteiger partial charge in [-0.25, -0.2) is 0 Å². The largest absolute Gasteiger partial charge is 0.265 e. The van der Waals surface area contributed by atoms with Crippen LogP contribution < -0.4 is 0 Å². The topological polar surface area (TPSA) is 25.8 Å². The molecular weight excluding hydrogens is 292 g/mol. The molecule has 2 aromatic rings. The van der Waals surface area contributed by atoms with E-state index in [4.69, 9.17) is 0 Å². The van der Waals surface area contributed by atoms with Gasteiger partial charge in [-0.3, -0.25) is 9.97 Å². The summed E-state index contributed by atoms with van der Waals surface area (Å²) >= 11 is 0. The van der Waals surface area contributed by atoms with Gasteiger partial charge < -0.3 is 0 Å². The Morgan fingerprint density at radius 2 is 0.769 bits per heavy atom. The molecular formula is C10H10N2Nd. The Balaban J connectivity index is 0.000000206. The van der Waals surface area contributed by atoms with Crippen LogP contribution >= 0.6 is 0 Å². The van der Waals surface area contributed by atoms with Gasteiger partial charge in [0.2, 0.25) is 0 Å². The molecule has 2 heterocycles. The van der Waals surface area contributed by atoms with Crippen LogP contribution in [0.5, 0.6) is 0 Å². The van der Waals surface area contributed by atoms with Crippen LogP contribution in [0.15, 0.2) is 61.2 Å². The second-order valence-corrected chi connectivity index (χ2v) is 2.05. The third-order valence-electron chi connectivity index (χ3n) is 1.13. The number of rotatable bonds is 0. The van der Waals surface area contributed by atoms with Crippen LogP contribution in [0.4, 0.5) is 0 Å². The summed E-state index contributed by atoms with van der Waals surface area (Å²) in [6.45, 7) is 0. The van der Waals surface area contributed by atoms with Crippen molar-refractivity contribution >= 4 is 0 Å². The molecule has 13 heavy (non-hydrogen) atoms. The molecule has 0 bridgehead atoms. The monoisotopic (exact) mass is 300 g/mol. The predicted octanol–water partition coefficient (Wildman–Crippen LogP) is 2.16. The molecule has 0 N–H and O–H groups in total. The summed E-state index contributed by atoms with van der Waals surface area (Å²) in [4.78, 5) is 7.57. The van der Waals surface area contributed by atoms with E-state index in [9.17, 15) is 0 Å². The van der Waals surface area contributed by atoms with Crippen LogP contribution in [0.25, 0.3) is 0 Å². The van der Waals surface area contributed by atoms with E-state index in [-0.39, 0.29) is 40.8 Å². The quantitative estimate of drug-likeness (QED) is 0.745. The molecule has 0 saturated carbocycles. The van der Waals surface area contributed by atoms with Crippen molar-refractivity contribution in [2.45, 2.75) is 0 Å². The van der Waals surface area contributed by atoms with Crippen LogP contribution in [0, 0.1) is 40.8 Å².